The summed E-state index contributed by atoms with van der Waals surface area (Å²) < 4.78 is 12.7. The number of halogens is 1. The van der Waals surface area contributed by atoms with Gasteiger partial charge in [-0.2, -0.15) is 0 Å². The third kappa shape index (κ3) is 2.46. The monoisotopic (exact) mass is 368 g/mol. The Kier molecular flexibility index (Phi) is 3.93. The molecule has 0 bridgehead atoms. The first-order valence-electron chi connectivity index (χ1n) is 6.68. The molecule has 19 heavy (non-hydrogen) atoms. The van der Waals surface area contributed by atoms with Crippen LogP contribution < -0.4 is 0 Å². The molecule has 0 aromatic heterocycles. The van der Waals surface area contributed by atoms with Crippen molar-refractivity contribution in [1.82, 2.24) is 0 Å². The van der Waals surface area contributed by atoms with E-state index in [4.69, 9.17) is 9.47 Å². The highest BCUT2D eigenvalue weighted by Gasteiger charge is 2.34. The highest BCUT2D eigenvalue weighted by atomic mass is 127. The molecule has 2 nitrogen and oxygen atoms in total. The summed E-state index contributed by atoms with van der Waals surface area (Å²) in [5, 5.41) is 0. The molecule has 1 aliphatic carbocycles. The minimum Gasteiger partial charge on any atom is -0.460 e. The van der Waals surface area contributed by atoms with E-state index < -0.39 is 0 Å². The fraction of sp³-hybridized carbons (Fsp3) is 0.375. The first-order valence-corrected chi connectivity index (χ1v) is 7.76. The average molecular weight is 368 g/mol. The fourth-order valence-corrected chi connectivity index (χ4v) is 3.60. The molecule has 100 valence electrons. The van der Waals surface area contributed by atoms with E-state index in [9.17, 15) is 0 Å². The molecular weight excluding hydrogens is 351 g/mol. The number of hydrogen-bond acceptors (Lipinski definition) is 2. The third-order valence-electron chi connectivity index (χ3n) is 3.73. The van der Waals surface area contributed by atoms with Crippen molar-refractivity contribution in [2.24, 2.45) is 0 Å². The van der Waals surface area contributed by atoms with Gasteiger partial charge in [0.05, 0.1) is 3.58 Å². The van der Waals surface area contributed by atoms with E-state index >= 15 is 0 Å². The van der Waals surface area contributed by atoms with Crippen molar-refractivity contribution in [3.05, 3.63) is 52.8 Å². The predicted octanol–water partition coefficient (Wildman–Crippen LogP) is 4.66. The minimum atomic E-state index is -0.168. The largest absolute Gasteiger partial charge is 0.460 e. The molecule has 3 heteroatoms. The molecule has 0 fully saturated rings. The molecule has 0 radical (unpaired) electrons. The van der Waals surface area contributed by atoms with Crippen LogP contribution in [-0.4, -0.2) is 13.4 Å². The van der Waals surface area contributed by atoms with Gasteiger partial charge in [-0.3, -0.25) is 0 Å². The summed E-state index contributed by atoms with van der Waals surface area (Å²) in [7, 11) is 1.72. The maximum atomic E-state index is 6.05. The van der Waals surface area contributed by atoms with Crippen molar-refractivity contribution in [1.29, 1.82) is 0 Å². The van der Waals surface area contributed by atoms with Gasteiger partial charge >= 0.3 is 0 Å². The molecular formula is C16H17IO2. The van der Waals surface area contributed by atoms with E-state index in [1.807, 2.05) is 6.07 Å². The van der Waals surface area contributed by atoms with Crippen molar-refractivity contribution in [2.75, 3.05) is 7.11 Å². The molecule has 3 rings (SSSR count). The Hall–Kier alpha value is -0.810. The van der Waals surface area contributed by atoms with Crippen LogP contribution in [-0.2, 0) is 9.47 Å². The summed E-state index contributed by atoms with van der Waals surface area (Å²) in [5.74, 6) is 1.04. The molecule has 1 aromatic rings. The predicted molar refractivity (Wildman–Crippen MR) is 84.8 cm³/mol. The summed E-state index contributed by atoms with van der Waals surface area (Å²) in [6, 6.07) is 10.4. The average Bonchev–Trinajstić information content (AvgIpc) is 2.86. The Bertz CT molecular complexity index is 531. The first-order chi connectivity index (χ1) is 9.31. The quantitative estimate of drug-likeness (QED) is 0.707. The second-order valence-corrected chi connectivity index (χ2v) is 5.98. The van der Waals surface area contributed by atoms with Gasteiger partial charge in [-0.05, 0) is 53.8 Å². The topological polar surface area (TPSA) is 18.5 Å². The molecule has 0 saturated carbocycles. The van der Waals surface area contributed by atoms with Crippen molar-refractivity contribution < 1.29 is 9.47 Å². The van der Waals surface area contributed by atoms with Gasteiger partial charge in [0.25, 0.3) is 0 Å². The van der Waals surface area contributed by atoms with Crippen LogP contribution in [0.15, 0.2) is 47.2 Å². The van der Waals surface area contributed by atoms with Gasteiger partial charge < -0.3 is 9.47 Å². The number of methoxy groups -OCH3 is 1. The lowest BCUT2D eigenvalue weighted by Crippen LogP contribution is -2.12. The zero-order chi connectivity index (χ0) is 13.2. The zero-order valence-electron chi connectivity index (χ0n) is 11.0. The summed E-state index contributed by atoms with van der Waals surface area (Å²) in [5.41, 5.74) is 3.95. The van der Waals surface area contributed by atoms with E-state index in [1.54, 1.807) is 7.11 Å². The van der Waals surface area contributed by atoms with Gasteiger partial charge in [0.1, 0.15) is 5.76 Å². The maximum absolute atomic E-state index is 6.05. The Balaban J connectivity index is 2.04. The van der Waals surface area contributed by atoms with Gasteiger partial charge in [0.15, 0.2) is 0 Å². The summed E-state index contributed by atoms with van der Waals surface area (Å²) in [6.45, 7) is 0. The number of allylic oxidation sites excluding steroid dienone is 1. The fourth-order valence-electron chi connectivity index (χ4n) is 2.79. The summed E-state index contributed by atoms with van der Waals surface area (Å²) in [4.78, 5) is 0. The number of hydrogen-bond donors (Lipinski definition) is 0. The van der Waals surface area contributed by atoms with Crippen molar-refractivity contribution in [3.8, 4) is 0 Å². The Morgan fingerprint density at radius 1 is 1.21 bits per heavy atom. The van der Waals surface area contributed by atoms with Crippen LogP contribution in [0.3, 0.4) is 0 Å². The standard InChI is InChI=1S/C16H17IO2/c1-18-16-13-10-6-5-9-12(13)15(19-16)14(17)11-7-3-2-4-8-11/h2-4,7-8,16H,5-6,9-10H2,1H3/b15-14+. The molecule has 1 unspecified atom stereocenters. The zero-order valence-corrected chi connectivity index (χ0v) is 13.1. The van der Waals surface area contributed by atoms with Gasteiger partial charge in [-0.15, -0.1) is 0 Å². The van der Waals surface area contributed by atoms with E-state index in [2.05, 4.69) is 46.9 Å². The smallest absolute Gasteiger partial charge is 0.223 e. The molecule has 0 saturated heterocycles. The highest BCUT2D eigenvalue weighted by Crippen LogP contribution is 2.44. The molecule has 1 heterocycles. The lowest BCUT2D eigenvalue weighted by molar-refractivity contribution is -0.0529. The van der Waals surface area contributed by atoms with Crippen LogP contribution in [0.5, 0.6) is 0 Å². The molecule has 2 aliphatic rings. The van der Waals surface area contributed by atoms with Crippen LogP contribution in [0.1, 0.15) is 31.2 Å². The molecule has 0 amide bonds. The van der Waals surface area contributed by atoms with Gasteiger partial charge in [0.2, 0.25) is 6.29 Å². The Morgan fingerprint density at radius 3 is 2.68 bits per heavy atom. The normalized spacial score (nSPS) is 25.1. The summed E-state index contributed by atoms with van der Waals surface area (Å²) in [6.07, 6.45) is 4.55. The van der Waals surface area contributed by atoms with Gasteiger partial charge in [-0.25, -0.2) is 0 Å². The van der Waals surface area contributed by atoms with Crippen LogP contribution in [0.2, 0.25) is 0 Å². The Labute approximate surface area is 127 Å². The van der Waals surface area contributed by atoms with Crippen molar-refractivity contribution in [2.45, 2.75) is 32.0 Å². The highest BCUT2D eigenvalue weighted by molar-refractivity contribution is 14.1. The van der Waals surface area contributed by atoms with Gasteiger partial charge in [0, 0.05) is 18.3 Å². The number of ether oxygens (including phenoxy) is 2. The van der Waals surface area contributed by atoms with Crippen molar-refractivity contribution >= 4 is 26.2 Å². The van der Waals surface area contributed by atoms with Crippen molar-refractivity contribution in [3.63, 3.8) is 0 Å². The SMILES string of the molecule is COC1O/C(=C(/I)c2ccccc2)C2=C1CCCC2. The molecule has 0 N–H and O–H groups in total. The molecule has 1 aliphatic heterocycles. The Morgan fingerprint density at radius 2 is 1.95 bits per heavy atom. The molecule has 1 atom stereocenters. The minimum absolute atomic E-state index is 0.168. The summed E-state index contributed by atoms with van der Waals surface area (Å²) >= 11 is 2.39. The van der Waals surface area contributed by atoms with E-state index in [0.29, 0.717) is 0 Å². The maximum Gasteiger partial charge on any atom is 0.223 e. The first kappa shape index (κ1) is 13.2. The second-order valence-electron chi connectivity index (χ2n) is 4.91. The van der Waals surface area contributed by atoms with Crippen LogP contribution in [0, 0.1) is 0 Å². The van der Waals surface area contributed by atoms with E-state index in [0.717, 1.165) is 18.6 Å². The molecule has 0 spiro atoms. The van der Waals surface area contributed by atoms with Crippen LogP contribution >= 0.6 is 22.6 Å². The third-order valence-corrected chi connectivity index (χ3v) is 4.85. The lowest BCUT2D eigenvalue weighted by Gasteiger charge is -2.14. The van der Waals surface area contributed by atoms with E-state index in [1.165, 1.54) is 33.1 Å². The number of rotatable bonds is 2. The lowest BCUT2D eigenvalue weighted by atomic mass is 9.91. The number of benzene rings is 1. The second kappa shape index (κ2) is 5.67. The van der Waals surface area contributed by atoms with E-state index in [-0.39, 0.29) is 6.29 Å². The van der Waals surface area contributed by atoms with Gasteiger partial charge in [-0.1, -0.05) is 30.3 Å². The molecule has 1 aromatic carbocycles. The van der Waals surface area contributed by atoms with Crippen LogP contribution in [0.4, 0.5) is 0 Å². The van der Waals surface area contributed by atoms with Crippen LogP contribution in [0.25, 0.3) is 3.58 Å².